The van der Waals surface area contributed by atoms with Gasteiger partial charge in [0.05, 0.1) is 0 Å². The minimum atomic E-state index is -0.802. The molecule has 6 heteroatoms. The van der Waals surface area contributed by atoms with Crippen molar-refractivity contribution in [3.05, 3.63) is 34.3 Å². The Labute approximate surface area is 127 Å². The smallest absolute Gasteiger partial charge is 0.317 e. The van der Waals surface area contributed by atoms with Crippen LogP contribution in [0.1, 0.15) is 24.8 Å². The maximum atomic E-state index is 11.8. The van der Waals surface area contributed by atoms with Gasteiger partial charge >= 0.3 is 12.0 Å². The highest BCUT2D eigenvalue weighted by molar-refractivity contribution is 9.10. The fraction of sp³-hybridized carbons (Fsp3) is 0.429. The molecule has 0 fully saturated rings. The lowest BCUT2D eigenvalue weighted by Crippen LogP contribution is -2.37. The van der Waals surface area contributed by atoms with Crippen LogP contribution in [-0.2, 0) is 11.3 Å². The molecule has 0 saturated carbocycles. The number of carbonyl (C=O) groups is 2. The second-order valence-electron chi connectivity index (χ2n) is 4.57. The summed E-state index contributed by atoms with van der Waals surface area (Å²) in [4.78, 5) is 23.7. The van der Waals surface area contributed by atoms with Crippen molar-refractivity contribution in [1.29, 1.82) is 0 Å². The maximum absolute atomic E-state index is 11.8. The summed E-state index contributed by atoms with van der Waals surface area (Å²) in [5.41, 5.74) is 1.05. The lowest BCUT2D eigenvalue weighted by Gasteiger charge is -2.18. The van der Waals surface area contributed by atoms with Gasteiger partial charge < -0.3 is 15.3 Å². The molecular weight excluding hydrogens is 324 g/mol. The SMILES string of the molecule is CN(Cc1ccc(Br)cc1)C(=O)NCCCCC(=O)O. The topological polar surface area (TPSA) is 69.6 Å². The standard InChI is InChI=1S/C14H19BrN2O3/c1-17(10-11-5-7-12(15)8-6-11)14(20)16-9-3-2-4-13(18)19/h5-8H,2-4,9-10H2,1H3,(H,16,20)(H,18,19). The molecule has 0 aromatic heterocycles. The van der Waals surface area contributed by atoms with Gasteiger partial charge in [-0.1, -0.05) is 28.1 Å². The predicted octanol–water partition coefficient (Wildman–Crippen LogP) is 2.85. The van der Waals surface area contributed by atoms with E-state index in [1.54, 1.807) is 11.9 Å². The summed E-state index contributed by atoms with van der Waals surface area (Å²) in [7, 11) is 1.73. The van der Waals surface area contributed by atoms with E-state index in [1.165, 1.54) is 0 Å². The molecule has 0 spiro atoms. The summed E-state index contributed by atoms with van der Waals surface area (Å²) in [6.45, 7) is 1.03. The molecule has 0 aliphatic carbocycles. The molecule has 1 rings (SSSR count). The molecule has 110 valence electrons. The van der Waals surface area contributed by atoms with Crippen LogP contribution >= 0.6 is 15.9 Å². The average molecular weight is 343 g/mol. The summed E-state index contributed by atoms with van der Waals surface area (Å²) in [5, 5.41) is 11.3. The number of aliphatic carboxylic acids is 1. The van der Waals surface area contributed by atoms with Crippen LogP contribution in [0.25, 0.3) is 0 Å². The van der Waals surface area contributed by atoms with Crippen LogP contribution < -0.4 is 5.32 Å². The Bertz CT molecular complexity index is 448. The van der Waals surface area contributed by atoms with Gasteiger partial charge in [0.25, 0.3) is 0 Å². The van der Waals surface area contributed by atoms with Crippen molar-refractivity contribution in [2.45, 2.75) is 25.8 Å². The number of nitrogens with zero attached hydrogens (tertiary/aromatic N) is 1. The minimum Gasteiger partial charge on any atom is -0.481 e. The Morgan fingerprint density at radius 1 is 1.25 bits per heavy atom. The van der Waals surface area contributed by atoms with Crippen LogP contribution in [0.4, 0.5) is 4.79 Å². The Morgan fingerprint density at radius 2 is 1.90 bits per heavy atom. The number of urea groups is 1. The van der Waals surface area contributed by atoms with Crippen molar-refractivity contribution in [3.63, 3.8) is 0 Å². The molecule has 0 aliphatic heterocycles. The van der Waals surface area contributed by atoms with E-state index in [-0.39, 0.29) is 12.5 Å². The fourth-order valence-corrected chi connectivity index (χ4v) is 1.93. The molecular formula is C14H19BrN2O3. The molecule has 0 radical (unpaired) electrons. The molecule has 0 unspecified atom stereocenters. The van der Waals surface area contributed by atoms with E-state index in [0.717, 1.165) is 10.0 Å². The van der Waals surface area contributed by atoms with Crippen molar-refractivity contribution < 1.29 is 14.7 Å². The third-order valence-corrected chi connectivity index (χ3v) is 3.30. The Kier molecular flexibility index (Phi) is 7.08. The summed E-state index contributed by atoms with van der Waals surface area (Å²) < 4.78 is 1.01. The number of carboxylic acid groups (broad SMARTS) is 1. The van der Waals surface area contributed by atoms with Crippen LogP contribution in [0, 0.1) is 0 Å². The molecule has 0 atom stereocenters. The van der Waals surface area contributed by atoms with Gasteiger partial charge in [-0.25, -0.2) is 4.79 Å². The molecule has 20 heavy (non-hydrogen) atoms. The second kappa shape index (κ2) is 8.58. The van der Waals surface area contributed by atoms with E-state index < -0.39 is 5.97 Å². The van der Waals surface area contributed by atoms with Crippen LogP contribution in [0.2, 0.25) is 0 Å². The number of carboxylic acids is 1. The van der Waals surface area contributed by atoms with E-state index in [0.29, 0.717) is 25.9 Å². The van der Waals surface area contributed by atoms with Crippen LogP contribution in [0.15, 0.2) is 28.7 Å². The van der Waals surface area contributed by atoms with E-state index in [4.69, 9.17) is 5.11 Å². The molecule has 5 nitrogen and oxygen atoms in total. The molecule has 2 N–H and O–H groups in total. The lowest BCUT2D eigenvalue weighted by atomic mass is 10.2. The summed E-state index contributed by atoms with van der Waals surface area (Å²) in [6, 6.07) is 7.64. The number of carbonyl (C=O) groups excluding carboxylic acids is 1. The molecule has 1 aromatic rings. The van der Waals surface area contributed by atoms with Gasteiger partial charge in [-0.15, -0.1) is 0 Å². The van der Waals surface area contributed by atoms with Gasteiger partial charge in [0.1, 0.15) is 0 Å². The number of nitrogens with one attached hydrogen (secondary N) is 1. The maximum Gasteiger partial charge on any atom is 0.317 e. The number of amides is 2. The van der Waals surface area contributed by atoms with Gasteiger partial charge in [0.15, 0.2) is 0 Å². The van der Waals surface area contributed by atoms with E-state index in [9.17, 15) is 9.59 Å². The molecule has 2 amide bonds. The van der Waals surface area contributed by atoms with Gasteiger partial charge in [-0.05, 0) is 30.5 Å². The van der Waals surface area contributed by atoms with Crippen molar-refractivity contribution in [2.75, 3.05) is 13.6 Å². The first-order chi connectivity index (χ1) is 9.49. The number of rotatable bonds is 7. The van der Waals surface area contributed by atoms with E-state index >= 15 is 0 Å². The Hall–Kier alpha value is -1.56. The Balaban J connectivity index is 2.25. The average Bonchev–Trinajstić information content (AvgIpc) is 2.40. The Morgan fingerprint density at radius 3 is 2.50 bits per heavy atom. The highest BCUT2D eigenvalue weighted by Gasteiger charge is 2.08. The van der Waals surface area contributed by atoms with E-state index in [1.807, 2.05) is 24.3 Å². The summed E-state index contributed by atoms with van der Waals surface area (Å²) in [5.74, 6) is -0.802. The van der Waals surface area contributed by atoms with Crippen LogP contribution in [0.3, 0.4) is 0 Å². The minimum absolute atomic E-state index is 0.143. The number of unbranched alkanes of at least 4 members (excludes halogenated alkanes) is 1. The van der Waals surface area contributed by atoms with Gasteiger partial charge in [0.2, 0.25) is 0 Å². The lowest BCUT2D eigenvalue weighted by molar-refractivity contribution is -0.137. The van der Waals surface area contributed by atoms with Crippen molar-refractivity contribution in [1.82, 2.24) is 10.2 Å². The predicted molar refractivity (Wildman–Crippen MR) is 80.5 cm³/mol. The quantitative estimate of drug-likeness (QED) is 0.748. The number of benzene rings is 1. The highest BCUT2D eigenvalue weighted by atomic mass is 79.9. The normalized spacial score (nSPS) is 10.1. The second-order valence-corrected chi connectivity index (χ2v) is 5.48. The molecule has 0 saturated heterocycles. The number of hydrogen-bond donors (Lipinski definition) is 2. The summed E-state index contributed by atoms with van der Waals surface area (Å²) >= 11 is 3.36. The third-order valence-electron chi connectivity index (χ3n) is 2.77. The first-order valence-corrected chi connectivity index (χ1v) is 7.23. The fourth-order valence-electron chi connectivity index (χ4n) is 1.67. The van der Waals surface area contributed by atoms with E-state index in [2.05, 4.69) is 21.2 Å². The first-order valence-electron chi connectivity index (χ1n) is 6.44. The van der Waals surface area contributed by atoms with Gasteiger partial charge in [-0.2, -0.15) is 0 Å². The van der Waals surface area contributed by atoms with Crippen LogP contribution in [-0.4, -0.2) is 35.6 Å². The summed E-state index contributed by atoms with van der Waals surface area (Å²) in [6.07, 6.45) is 1.39. The van der Waals surface area contributed by atoms with Crippen molar-refractivity contribution >= 4 is 27.9 Å². The zero-order valence-electron chi connectivity index (χ0n) is 11.4. The third kappa shape index (κ3) is 6.56. The number of hydrogen-bond acceptors (Lipinski definition) is 2. The highest BCUT2D eigenvalue weighted by Crippen LogP contribution is 2.11. The molecule has 0 heterocycles. The van der Waals surface area contributed by atoms with Crippen molar-refractivity contribution in [2.24, 2.45) is 0 Å². The van der Waals surface area contributed by atoms with Gasteiger partial charge in [-0.3, -0.25) is 4.79 Å². The monoisotopic (exact) mass is 342 g/mol. The molecule has 1 aromatic carbocycles. The van der Waals surface area contributed by atoms with Gasteiger partial charge in [0, 0.05) is 31.0 Å². The van der Waals surface area contributed by atoms with Crippen LogP contribution in [0.5, 0.6) is 0 Å². The molecule has 0 bridgehead atoms. The first kappa shape index (κ1) is 16.5. The largest absolute Gasteiger partial charge is 0.481 e. The zero-order valence-corrected chi connectivity index (χ0v) is 13.0. The molecule has 0 aliphatic rings. The number of halogens is 1. The van der Waals surface area contributed by atoms with Crippen molar-refractivity contribution in [3.8, 4) is 0 Å². The zero-order chi connectivity index (χ0) is 15.0.